The summed E-state index contributed by atoms with van der Waals surface area (Å²) in [6.07, 6.45) is 1.30. The minimum absolute atomic E-state index is 0.0423. The number of amides is 1. The molecule has 0 unspecified atom stereocenters. The molecular formula is C20H21FN4O5. The number of rotatable bonds is 5. The Morgan fingerprint density at radius 1 is 1.10 bits per heavy atom. The first-order valence-corrected chi connectivity index (χ1v) is 9.40. The Balaban J connectivity index is 1.77. The fourth-order valence-electron chi connectivity index (χ4n) is 3.72. The molecule has 1 amide bonds. The molecule has 1 aliphatic heterocycles. The summed E-state index contributed by atoms with van der Waals surface area (Å²) in [5.74, 6) is -0.792. The van der Waals surface area contributed by atoms with Gasteiger partial charge in [0.1, 0.15) is 5.82 Å². The van der Waals surface area contributed by atoms with Crippen LogP contribution < -0.4 is 4.90 Å². The number of nitro benzene ring substituents is 2. The van der Waals surface area contributed by atoms with E-state index in [0.29, 0.717) is 25.9 Å². The number of nitrogens with zero attached hydrogens (tertiary/aromatic N) is 4. The predicted octanol–water partition coefficient (Wildman–Crippen LogP) is 3.69. The van der Waals surface area contributed by atoms with Crippen LogP contribution in [0.4, 0.5) is 21.5 Å². The van der Waals surface area contributed by atoms with Crippen molar-refractivity contribution in [2.45, 2.75) is 25.8 Å². The van der Waals surface area contributed by atoms with Gasteiger partial charge in [-0.3, -0.25) is 25.0 Å². The average Bonchev–Trinajstić information content (AvgIpc) is 2.73. The second-order valence-corrected chi connectivity index (χ2v) is 7.26. The molecule has 1 saturated heterocycles. The molecule has 10 heteroatoms. The van der Waals surface area contributed by atoms with E-state index in [0.717, 1.165) is 17.8 Å². The molecule has 0 bridgehead atoms. The zero-order valence-electron chi connectivity index (χ0n) is 16.6. The summed E-state index contributed by atoms with van der Waals surface area (Å²) in [7, 11) is 1.60. The van der Waals surface area contributed by atoms with Crippen molar-refractivity contribution in [1.29, 1.82) is 0 Å². The number of hydrogen-bond acceptors (Lipinski definition) is 6. The minimum Gasteiger partial charge on any atom is -0.371 e. The maximum absolute atomic E-state index is 13.1. The van der Waals surface area contributed by atoms with Crippen molar-refractivity contribution in [3.8, 4) is 0 Å². The fourth-order valence-corrected chi connectivity index (χ4v) is 3.72. The lowest BCUT2D eigenvalue weighted by atomic mass is 9.99. The third kappa shape index (κ3) is 4.22. The normalized spacial score (nSPS) is 14.4. The van der Waals surface area contributed by atoms with Crippen LogP contribution in [0.5, 0.6) is 0 Å². The van der Waals surface area contributed by atoms with Crippen LogP contribution in [0, 0.1) is 33.0 Å². The zero-order chi connectivity index (χ0) is 22.0. The first-order valence-electron chi connectivity index (χ1n) is 9.40. The van der Waals surface area contributed by atoms with E-state index >= 15 is 0 Å². The highest BCUT2D eigenvalue weighted by Crippen LogP contribution is 2.30. The molecule has 0 aliphatic carbocycles. The number of carbonyl (C=O) groups excluding carboxylic acids is 1. The molecule has 9 nitrogen and oxygen atoms in total. The SMILES string of the molecule is Cc1c(C(=O)N(C)C2CCN(c3ccc(F)cc3)CC2)cc([N+](=O)[O-])cc1[N+](=O)[O-]. The number of hydrogen-bond donors (Lipinski definition) is 0. The lowest BCUT2D eigenvalue weighted by molar-refractivity contribution is -0.394. The van der Waals surface area contributed by atoms with Gasteiger partial charge in [-0.1, -0.05) is 0 Å². The van der Waals surface area contributed by atoms with Crippen LogP contribution in [-0.4, -0.2) is 46.8 Å². The van der Waals surface area contributed by atoms with Crippen LogP contribution in [0.1, 0.15) is 28.8 Å². The van der Waals surface area contributed by atoms with Crippen LogP contribution in [0.3, 0.4) is 0 Å². The van der Waals surface area contributed by atoms with Crippen molar-refractivity contribution in [2.24, 2.45) is 0 Å². The molecule has 1 heterocycles. The van der Waals surface area contributed by atoms with Gasteiger partial charge in [0.25, 0.3) is 17.3 Å². The molecule has 0 N–H and O–H groups in total. The Kier molecular flexibility index (Phi) is 5.95. The minimum atomic E-state index is -0.746. The van der Waals surface area contributed by atoms with Crippen LogP contribution in [0.15, 0.2) is 36.4 Å². The summed E-state index contributed by atoms with van der Waals surface area (Å²) in [6.45, 7) is 2.73. The Morgan fingerprint density at radius 3 is 2.23 bits per heavy atom. The first kappa shape index (κ1) is 21.2. The average molecular weight is 416 g/mol. The second-order valence-electron chi connectivity index (χ2n) is 7.26. The van der Waals surface area contributed by atoms with Crippen LogP contribution in [0.2, 0.25) is 0 Å². The van der Waals surface area contributed by atoms with E-state index in [2.05, 4.69) is 4.90 Å². The zero-order valence-corrected chi connectivity index (χ0v) is 16.6. The third-order valence-electron chi connectivity index (χ3n) is 5.53. The van der Waals surface area contributed by atoms with E-state index in [1.165, 1.54) is 24.0 Å². The van der Waals surface area contributed by atoms with Gasteiger partial charge < -0.3 is 9.80 Å². The van der Waals surface area contributed by atoms with Gasteiger partial charge in [-0.15, -0.1) is 0 Å². The number of nitro groups is 2. The molecule has 0 atom stereocenters. The standard InChI is InChI=1S/C20H21FN4O5/c1-13-18(11-17(24(27)28)12-19(13)25(29)30)20(26)22(2)15-7-9-23(10-8-15)16-5-3-14(21)4-6-16/h3-6,11-12,15H,7-10H2,1-2H3. The third-order valence-corrected chi connectivity index (χ3v) is 5.53. The van der Waals surface area contributed by atoms with Gasteiger partial charge in [-0.2, -0.15) is 0 Å². The molecule has 0 radical (unpaired) electrons. The quantitative estimate of drug-likeness (QED) is 0.543. The summed E-state index contributed by atoms with van der Waals surface area (Å²) in [5, 5.41) is 22.4. The molecule has 3 rings (SSSR count). The Hall–Kier alpha value is -3.56. The number of anilines is 1. The van der Waals surface area contributed by atoms with E-state index in [9.17, 15) is 29.4 Å². The van der Waals surface area contributed by atoms with Crippen LogP contribution >= 0.6 is 0 Å². The summed E-state index contributed by atoms with van der Waals surface area (Å²) >= 11 is 0. The molecule has 30 heavy (non-hydrogen) atoms. The van der Waals surface area contributed by atoms with Crippen molar-refractivity contribution >= 4 is 23.0 Å². The Morgan fingerprint density at radius 2 is 1.70 bits per heavy atom. The van der Waals surface area contributed by atoms with Crippen molar-refractivity contribution in [1.82, 2.24) is 4.90 Å². The number of piperidine rings is 1. The van der Waals surface area contributed by atoms with Crippen LogP contribution in [-0.2, 0) is 0 Å². The predicted molar refractivity (Wildman–Crippen MR) is 108 cm³/mol. The van der Waals surface area contributed by atoms with Crippen LogP contribution in [0.25, 0.3) is 0 Å². The van der Waals surface area contributed by atoms with Gasteiger partial charge in [-0.25, -0.2) is 4.39 Å². The van der Waals surface area contributed by atoms with Gasteiger partial charge in [0.05, 0.1) is 21.5 Å². The molecule has 1 fully saturated rings. The van der Waals surface area contributed by atoms with E-state index in [1.807, 2.05) is 0 Å². The van der Waals surface area contributed by atoms with Gasteiger partial charge in [0, 0.05) is 43.5 Å². The molecule has 0 saturated carbocycles. The Bertz CT molecular complexity index is 987. The number of halogens is 1. The van der Waals surface area contributed by atoms with Crippen molar-refractivity contribution in [3.05, 3.63) is 73.6 Å². The highest BCUT2D eigenvalue weighted by atomic mass is 19.1. The van der Waals surface area contributed by atoms with Gasteiger partial charge >= 0.3 is 0 Å². The van der Waals surface area contributed by atoms with Gasteiger partial charge in [0.2, 0.25) is 0 Å². The highest BCUT2D eigenvalue weighted by molar-refractivity contribution is 5.97. The lowest BCUT2D eigenvalue weighted by Crippen LogP contribution is -2.45. The van der Waals surface area contributed by atoms with E-state index in [-0.39, 0.29) is 23.0 Å². The molecular weight excluding hydrogens is 395 g/mol. The number of carbonyl (C=O) groups is 1. The van der Waals surface area contributed by atoms with Gasteiger partial charge in [0.15, 0.2) is 0 Å². The molecule has 158 valence electrons. The second kappa shape index (κ2) is 8.44. The van der Waals surface area contributed by atoms with Gasteiger partial charge in [-0.05, 0) is 44.0 Å². The topological polar surface area (TPSA) is 110 Å². The molecule has 0 aromatic heterocycles. The van der Waals surface area contributed by atoms with Crippen molar-refractivity contribution in [3.63, 3.8) is 0 Å². The monoisotopic (exact) mass is 416 g/mol. The first-order chi connectivity index (χ1) is 14.2. The number of benzene rings is 2. The van der Waals surface area contributed by atoms with E-state index in [4.69, 9.17) is 0 Å². The largest absolute Gasteiger partial charge is 0.371 e. The summed E-state index contributed by atoms with van der Waals surface area (Å²) in [6, 6.07) is 8.05. The molecule has 1 aliphatic rings. The summed E-state index contributed by atoms with van der Waals surface area (Å²) in [4.78, 5) is 37.6. The fraction of sp³-hybridized carbons (Fsp3) is 0.350. The summed E-state index contributed by atoms with van der Waals surface area (Å²) < 4.78 is 13.1. The van der Waals surface area contributed by atoms with Crippen molar-refractivity contribution in [2.75, 3.05) is 25.0 Å². The van der Waals surface area contributed by atoms with Crippen molar-refractivity contribution < 1.29 is 19.0 Å². The molecule has 2 aromatic carbocycles. The maximum Gasteiger partial charge on any atom is 0.279 e. The van der Waals surface area contributed by atoms with E-state index in [1.54, 1.807) is 19.2 Å². The smallest absolute Gasteiger partial charge is 0.279 e. The number of non-ortho nitro benzene ring substituents is 1. The highest BCUT2D eigenvalue weighted by Gasteiger charge is 2.30. The van der Waals surface area contributed by atoms with E-state index < -0.39 is 27.1 Å². The maximum atomic E-state index is 13.1. The molecule has 0 spiro atoms. The Labute approximate surface area is 172 Å². The summed E-state index contributed by atoms with van der Waals surface area (Å²) in [5.41, 5.74) is 0.0156. The molecule has 2 aromatic rings. The lowest BCUT2D eigenvalue weighted by Gasteiger charge is -2.38.